The van der Waals surface area contributed by atoms with Crippen molar-refractivity contribution in [3.63, 3.8) is 0 Å². The fraction of sp³-hybridized carbons (Fsp3) is 0.458. The van der Waals surface area contributed by atoms with E-state index in [0.717, 1.165) is 17.7 Å². The van der Waals surface area contributed by atoms with Gasteiger partial charge >= 0.3 is 6.18 Å². The van der Waals surface area contributed by atoms with Gasteiger partial charge in [0.05, 0.1) is 48.5 Å². The summed E-state index contributed by atoms with van der Waals surface area (Å²) in [5.74, 6) is -1.86. The van der Waals surface area contributed by atoms with E-state index in [2.05, 4.69) is 25.6 Å². The third kappa shape index (κ3) is 6.70. The number of aromatic nitrogens is 3. The first-order valence-corrected chi connectivity index (χ1v) is 13.8. The molecule has 15 heteroatoms. The third-order valence-electron chi connectivity index (χ3n) is 6.47. The number of rotatable bonds is 8. The highest BCUT2D eigenvalue weighted by Crippen LogP contribution is 2.34. The molecule has 2 aromatic heterocycles. The number of fused-ring (bicyclic) bond motifs is 1. The number of nitrogens with one attached hydrogen (secondary N) is 3. The summed E-state index contributed by atoms with van der Waals surface area (Å²) in [6.07, 6.45) is -5.34. The highest BCUT2D eigenvalue weighted by Gasteiger charge is 2.30. The average Bonchev–Trinajstić information content (AvgIpc) is 2.83. The van der Waals surface area contributed by atoms with Gasteiger partial charge in [0.2, 0.25) is 16.0 Å². The number of hydrogen-bond acceptors (Lipinski definition) is 8. The number of piperidine rings is 1. The number of pyridine rings is 1. The number of hydrogen-bond donors (Lipinski definition) is 3. The van der Waals surface area contributed by atoms with Gasteiger partial charge in [0.1, 0.15) is 17.5 Å². The van der Waals surface area contributed by atoms with Gasteiger partial charge in [0.25, 0.3) is 0 Å². The molecule has 2 fully saturated rings. The van der Waals surface area contributed by atoms with E-state index >= 15 is 0 Å². The third-order valence-corrected chi connectivity index (χ3v) is 7.74. The molecule has 39 heavy (non-hydrogen) atoms. The molecular weight excluding hydrogens is 547 g/mol. The Bertz CT molecular complexity index is 1470. The first-order valence-electron chi connectivity index (χ1n) is 12.2. The molecule has 5 rings (SSSR count). The van der Waals surface area contributed by atoms with Crippen molar-refractivity contribution >= 4 is 32.7 Å². The predicted octanol–water partition coefficient (Wildman–Crippen LogP) is 3.75. The lowest BCUT2D eigenvalue weighted by molar-refractivity contribution is -0.129. The molecule has 3 N–H and O–H groups in total. The monoisotopic (exact) mass is 572 g/mol. The zero-order chi connectivity index (χ0) is 27.8. The second kappa shape index (κ2) is 10.8. The van der Waals surface area contributed by atoms with Gasteiger partial charge in [0, 0.05) is 37.0 Å². The van der Waals surface area contributed by atoms with E-state index in [1.807, 2.05) is 4.72 Å². The second-order valence-corrected chi connectivity index (χ2v) is 11.4. The van der Waals surface area contributed by atoms with Crippen molar-refractivity contribution in [2.24, 2.45) is 0 Å². The van der Waals surface area contributed by atoms with Crippen LogP contribution < -0.4 is 15.4 Å². The van der Waals surface area contributed by atoms with Crippen LogP contribution in [0.15, 0.2) is 30.5 Å². The number of halogens is 5. The molecule has 0 bridgehead atoms. The number of nitrogens with zero attached hydrogens (tertiary/aromatic N) is 3. The highest BCUT2D eigenvalue weighted by molar-refractivity contribution is 7.92. The summed E-state index contributed by atoms with van der Waals surface area (Å²) in [4.78, 5) is 13.5. The summed E-state index contributed by atoms with van der Waals surface area (Å²) >= 11 is 0. The quantitative estimate of drug-likeness (QED) is 0.350. The Labute approximate surface area is 220 Å². The molecule has 210 valence electrons. The molecule has 2 saturated heterocycles. The zero-order valence-electron chi connectivity index (χ0n) is 20.4. The van der Waals surface area contributed by atoms with E-state index in [1.165, 1.54) is 12.3 Å². The summed E-state index contributed by atoms with van der Waals surface area (Å²) in [5, 5.41) is 6.16. The van der Waals surface area contributed by atoms with Gasteiger partial charge in [-0.3, -0.25) is 4.72 Å². The van der Waals surface area contributed by atoms with Crippen LogP contribution in [0.5, 0.6) is 0 Å². The maximum atomic E-state index is 14.8. The molecule has 3 aromatic rings. The average molecular weight is 573 g/mol. The molecule has 4 heterocycles. The Kier molecular flexibility index (Phi) is 7.57. The number of ether oxygens (including phenoxy) is 1. The molecule has 2 atom stereocenters. The minimum Gasteiger partial charge on any atom is -0.380 e. The van der Waals surface area contributed by atoms with Crippen LogP contribution in [0.4, 0.5) is 33.6 Å². The Morgan fingerprint density at radius 3 is 2.59 bits per heavy atom. The van der Waals surface area contributed by atoms with Crippen LogP contribution in [-0.2, 0) is 14.8 Å². The van der Waals surface area contributed by atoms with E-state index in [-0.39, 0.29) is 12.0 Å². The smallest absolute Gasteiger partial charge is 0.380 e. The molecule has 2 aliphatic heterocycles. The van der Waals surface area contributed by atoms with Crippen molar-refractivity contribution in [1.29, 1.82) is 0 Å². The summed E-state index contributed by atoms with van der Waals surface area (Å²) < 4.78 is 97.0. The lowest BCUT2D eigenvalue weighted by atomic mass is 9.95. The van der Waals surface area contributed by atoms with E-state index in [4.69, 9.17) is 4.74 Å². The van der Waals surface area contributed by atoms with Crippen LogP contribution in [-0.4, -0.2) is 73.8 Å². The van der Waals surface area contributed by atoms with Crippen LogP contribution in [0.1, 0.15) is 24.3 Å². The zero-order valence-corrected chi connectivity index (χ0v) is 21.2. The van der Waals surface area contributed by atoms with Crippen molar-refractivity contribution < 1.29 is 35.1 Å². The van der Waals surface area contributed by atoms with Gasteiger partial charge in [-0.2, -0.15) is 13.2 Å². The van der Waals surface area contributed by atoms with E-state index in [1.54, 1.807) is 6.07 Å². The lowest BCUT2D eigenvalue weighted by Gasteiger charge is -2.28. The molecule has 0 spiro atoms. The molecule has 0 amide bonds. The first kappa shape index (κ1) is 27.4. The Morgan fingerprint density at radius 2 is 1.92 bits per heavy atom. The number of sulfonamides is 1. The molecule has 0 aliphatic carbocycles. The van der Waals surface area contributed by atoms with Crippen molar-refractivity contribution in [3.8, 4) is 11.3 Å². The van der Waals surface area contributed by atoms with Gasteiger partial charge in [0.15, 0.2) is 0 Å². The van der Waals surface area contributed by atoms with Crippen LogP contribution in [0.25, 0.3) is 22.3 Å². The molecular formula is C24H25F5N6O3S. The fourth-order valence-corrected chi connectivity index (χ4v) is 5.50. The Hall–Kier alpha value is -3.17. The highest BCUT2D eigenvalue weighted by atomic mass is 32.2. The molecule has 1 aromatic carbocycles. The van der Waals surface area contributed by atoms with E-state index < -0.39 is 46.0 Å². The van der Waals surface area contributed by atoms with Gasteiger partial charge in [-0.1, -0.05) is 6.07 Å². The van der Waals surface area contributed by atoms with Crippen LogP contribution in [0, 0.1) is 5.82 Å². The summed E-state index contributed by atoms with van der Waals surface area (Å²) in [5.41, 5.74) is 2.02. The molecule has 2 aliphatic rings. The number of benzene rings is 1. The summed E-state index contributed by atoms with van der Waals surface area (Å²) in [7, 11) is -4.42. The van der Waals surface area contributed by atoms with E-state index in [0.29, 0.717) is 61.0 Å². The normalized spacial score (nSPS) is 20.5. The molecule has 0 saturated carbocycles. The summed E-state index contributed by atoms with van der Waals surface area (Å²) in [6, 6.07) is 5.17. The van der Waals surface area contributed by atoms with Gasteiger partial charge in [-0.25, -0.2) is 32.2 Å². The molecule has 0 unspecified atom stereocenters. The number of anilines is 2. The Balaban J connectivity index is 1.41. The van der Waals surface area contributed by atoms with Crippen molar-refractivity contribution in [3.05, 3.63) is 41.8 Å². The van der Waals surface area contributed by atoms with Crippen molar-refractivity contribution in [1.82, 2.24) is 20.3 Å². The van der Waals surface area contributed by atoms with Crippen LogP contribution in [0.2, 0.25) is 0 Å². The topological polar surface area (TPSA) is 118 Å². The number of alkyl halides is 4. The van der Waals surface area contributed by atoms with Crippen LogP contribution >= 0.6 is 0 Å². The molecule has 0 radical (unpaired) electrons. The second-order valence-electron chi connectivity index (χ2n) is 9.57. The van der Waals surface area contributed by atoms with E-state index in [9.17, 15) is 30.4 Å². The minimum absolute atomic E-state index is 0.00753. The lowest BCUT2D eigenvalue weighted by Crippen LogP contribution is -2.44. The minimum atomic E-state index is -4.66. The first-order chi connectivity index (χ1) is 18.5. The van der Waals surface area contributed by atoms with Gasteiger partial charge < -0.3 is 15.4 Å². The summed E-state index contributed by atoms with van der Waals surface area (Å²) in [6.45, 7) is 1.78. The van der Waals surface area contributed by atoms with Gasteiger partial charge in [-0.05, 0) is 23.8 Å². The Morgan fingerprint density at radius 1 is 1.13 bits per heavy atom. The largest absolute Gasteiger partial charge is 0.390 e. The standard InChI is InChI=1S/C24H25F5N6O3S/c25-15-6-16(9-30-8-15)32-23-31-10-21-22(34-23)17(14-11-38-12-14)7-20(33-21)13-1-2-19(18(26)5-13)35-39(36,37)4-3-24(27,28)29/h1-2,5,7,10,14-16,30,35H,3-4,6,8-9,11-12H2,(H,31,32,34)/t15-,16-/m0/s1. The van der Waals surface area contributed by atoms with Crippen LogP contribution in [0.3, 0.4) is 0 Å². The SMILES string of the molecule is O=S(=O)(CCC(F)(F)F)Nc1ccc(-c2cc(C3COC3)c3nc(N[C@@H]4CNC[C@@H](F)C4)ncc3n2)cc1F. The fourth-order valence-electron chi connectivity index (χ4n) is 4.40. The van der Waals surface area contributed by atoms with Crippen molar-refractivity contribution in [2.45, 2.75) is 37.1 Å². The molecule has 9 nitrogen and oxygen atoms in total. The predicted molar refractivity (Wildman–Crippen MR) is 134 cm³/mol. The maximum Gasteiger partial charge on any atom is 0.390 e. The van der Waals surface area contributed by atoms with Gasteiger partial charge in [-0.15, -0.1) is 0 Å². The maximum absolute atomic E-state index is 14.8. The van der Waals surface area contributed by atoms with Crippen molar-refractivity contribution in [2.75, 3.05) is 42.1 Å².